The molecule has 2 N–H and O–H groups in total. The molecule has 0 radical (unpaired) electrons. The normalized spacial score (nSPS) is 17.8. The molecule has 0 aromatic carbocycles. The summed E-state index contributed by atoms with van der Waals surface area (Å²) in [5, 5.41) is -0.113. The molecule has 1 atom stereocenters. The summed E-state index contributed by atoms with van der Waals surface area (Å²) < 4.78 is 41.8. The molecule has 0 amide bonds. The van der Waals surface area contributed by atoms with Crippen molar-refractivity contribution in [1.29, 1.82) is 0 Å². The highest BCUT2D eigenvalue weighted by atomic mass is 32.2. The standard InChI is InChI=1S/C5H12FNO3S/c1-3-7-4-5(2,6)11(8,9)10/h7H,3-4H2,1-2H3,(H,8,9,10). The smallest absolute Gasteiger partial charge is 0.301 e. The molecule has 0 aliphatic heterocycles. The highest BCUT2D eigenvalue weighted by molar-refractivity contribution is 7.87. The Labute approximate surface area is 65.5 Å². The van der Waals surface area contributed by atoms with Crippen LogP contribution in [0.2, 0.25) is 0 Å². The van der Waals surface area contributed by atoms with Crippen LogP contribution in [-0.4, -0.2) is 31.1 Å². The third-order valence-electron chi connectivity index (χ3n) is 1.23. The summed E-state index contributed by atoms with van der Waals surface area (Å²) in [5.41, 5.74) is 0. The van der Waals surface area contributed by atoms with E-state index in [1.807, 2.05) is 0 Å². The van der Waals surface area contributed by atoms with Crippen molar-refractivity contribution in [2.24, 2.45) is 0 Å². The van der Waals surface area contributed by atoms with Gasteiger partial charge in [-0.1, -0.05) is 6.92 Å². The maximum absolute atomic E-state index is 12.9. The molecule has 0 aliphatic carbocycles. The van der Waals surface area contributed by atoms with Gasteiger partial charge in [0.15, 0.2) is 0 Å². The lowest BCUT2D eigenvalue weighted by Gasteiger charge is -2.16. The molecular formula is C5H12FNO3S. The molecule has 0 saturated heterocycles. The zero-order chi connectivity index (χ0) is 9.12. The summed E-state index contributed by atoms with van der Waals surface area (Å²) in [6, 6.07) is 0. The van der Waals surface area contributed by atoms with Gasteiger partial charge in [-0.2, -0.15) is 8.42 Å². The molecule has 0 aromatic heterocycles. The topological polar surface area (TPSA) is 66.4 Å². The maximum atomic E-state index is 12.9. The van der Waals surface area contributed by atoms with Gasteiger partial charge in [0.1, 0.15) is 0 Å². The van der Waals surface area contributed by atoms with E-state index >= 15 is 0 Å². The molecule has 4 nitrogen and oxygen atoms in total. The Bertz CT molecular complexity index is 212. The van der Waals surface area contributed by atoms with Crippen LogP contribution < -0.4 is 5.32 Å². The Hall–Kier alpha value is -0.200. The van der Waals surface area contributed by atoms with Crippen molar-refractivity contribution in [3.8, 4) is 0 Å². The fourth-order valence-electron chi connectivity index (χ4n) is 0.439. The van der Waals surface area contributed by atoms with Gasteiger partial charge in [0, 0.05) is 6.54 Å². The van der Waals surface area contributed by atoms with Crippen molar-refractivity contribution in [2.75, 3.05) is 13.1 Å². The quantitative estimate of drug-likeness (QED) is 0.613. The van der Waals surface area contributed by atoms with Crippen LogP contribution in [-0.2, 0) is 10.1 Å². The average molecular weight is 185 g/mol. The third-order valence-corrected chi connectivity index (χ3v) is 2.45. The molecule has 11 heavy (non-hydrogen) atoms. The molecule has 0 aromatic rings. The van der Waals surface area contributed by atoms with Crippen molar-refractivity contribution in [3.05, 3.63) is 0 Å². The molecule has 0 spiro atoms. The molecule has 0 aliphatic rings. The Morgan fingerprint density at radius 1 is 1.64 bits per heavy atom. The first-order chi connectivity index (χ1) is 4.81. The van der Waals surface area contributed by atoms with E-state index in [0.717, 1.165) is 6.92 Å². The van der Waals surface area contributed by atoms with Crippen LogP contribution in [0.25, 0.3) is 0 Å². The summed E-state index contributed by atoms with van der Waals surface area (Å²) in [5.74, 6) is 0. The first-order valence-corrected chi connectivity index (χ1v) is 4.62. The van der Waals surface area contributed by atoms with Gasteiger partial charge in [0.25, 0.3) is 0 Å². The van der Waals surface area contributed by atoms with Gasteiger partial charge in [-0.15, -0.1) is 0 Å². The van der Waals surface area contributed by atoms with E-state index in [9.17, 15) is 12.8 Å². The minimum atomic E-state index is -4.60. The van der Waals surface area contributed by atoms with Crippen LogP contribution in [0, 0.1) is 0 Å². The summed E-state index contributed by atoms with van der Waals surface area (Å²) in [7, 11) is -4.60. The molecule has 0 bridgehead atoms. The Kier molecular flexibility index (Phi) is 3.40. The lowest BCUT2D eigenvalue weighted by Crippen LogP contribution is -2.40. The molecule has 0 saturated carbocycles. The predicted molar refractivity (Wildman–Crippen MR) is 39.6 cm³/mol. The summed E-state index contributed by atoms with van der Waals surface area (Å²) in [6.45, 7) is 2.57. The van der Waals surface area contributed by atoms with E-state index in [1.54, 1.807) is 6.92 Å². The predicted octanol–water partition coefficient (Wildman–Crippen LogP) is 0.169. The zero-order valence-corrected chi connectivity index (χ0v) is 7.28. The highest BCUT2D eigenvalue weighted by Crippen LogP contribution is 2.15. The number of rotatable bonds is 4. The molecule has 68 valence electrons. The fraction of sp³-hybridized carbons (Fsp3) is 1.00. The lowest BCUT2D eigenvalue weighted by molar-refractivity contribution is 0.259. The Morgan fingerprint density at radius 3 is 2.36 bits per heavy atom. The second kappa shape index (κ2) is 3.46. The van der Waals surface area contributed by atoms with Crippen LogP contribution in [0.4, 0.5) is 4.39 Å². The molecule has 6 heteroatoms. The average Bonchev–Trinajstić information content (AvgIpc) is 1.81. The second-order valence-corrected chi connectivity index (χ2v) is 4.16. The van der Waals surface area contributed by atoms with E-state index in [2.05, 4.69) is 5.32 Å². The molecule has 0 rings (SSSR count). The summed E-state index contributed by atoms with van der Waals surface area (Å²) >= 11 is 0. The van der Waals surface area contributed by atoms with E-state index in [0.29, 0.717) is 6.54 Å². The van der Waals surface area contributed by atoms with Crippen LogP contribution in [0.15, 0.2) is 0 Å². The first-order valence-electron chi connectivity index (χ1n) is 3.18. The van der Waals surface area contributed by atoms with E-state index < -0.39 is 21.7 Å². The largest absolute Gasteiger partial charge is 0.313 e. The van der Waals surface area contributed by atoms with E-state index in [4.69, 9.17) is 4.55 Å². The lowest BCUT2D eigenvalue weighted by atomic mass is 10.4. The highest BCUT2D eigenvalue weighted by Gasteiger charge is 2.37. The van der Waals surface area contributed by atoms with Crippen molar-refractivity contribution in [1.82, 2.24) is 5.32 Å². The zero-order valence-electron chi connectivity index (χ0n) is 6.46. The minimum Gasteiger partial charge on any atom is -0.313 e. The molecule has 1 unspecified atom stereocenters. The van der Waals surface area contributed by atoms with Crippen LogP contribution in [0.3, 0.4) is 0 Å². The third kappa shape index (κ3) is 3.13. The van der Waals surface area contributed by atoms with Gasteiger partial charge < -0.3 is 5.32 Å². The second-order valence-electron chi connectivity index (χ2n) is 2.36. The Morgan fingerprint density at radius 2 is 2.09 bits per heavy atom. The van der Waals surface area contributed by atoms with Crippen molar-refractivity contribution in [3.63, 3.8) is 0 Å². The van der Waals surface area contributed by atoms with Crippen molar-refractivity contribution < 1.29 is 17.4 Å². The molecule has 0 heterocycles. The minimum absolute atomic E-state index is 0.400. The number of hydrogen-bond donors (Lipinski definition) is 2. The van der Waals surface area contributed by atoms with E-state index in [1.165, 1.54) is 0 Å². The molecular weight excluding hydrogens is 173 g/mol. The van der Waals surface area contributed by atoms with Crippen molar-refractivity contribution >= 4 is 10.1 Å². The fourth-order valence-corrected chi connectivity index (χ4v) is 0.724. The summed E-state index contributed by atoms with van der Waals surface area (Å²) in [6.07, 6.45) is 0. The number of hydrogen-bond acceptors (Lipinski definition) is 3. The molecule has 0 fully saturated rings. The Balaban J connectivity index is 4.24. The van der Waals surface area contributed by atoms with Crippen LogP contribution >= 0.6 is 0 Å². The van der Waals surface area contributed by atoms with Crippen LogP contribution in [0.1, 0.15) is 13.8 Å². The van der Waals surface area contributed by atoms with Gasteiger partial charge in [0.05, 0.1) is 0 Å². The van der Waals surface area contributed by atoms with E-state index in [-0.39, 0.29) is 0 Å². The first kappa shape index (κ1) is 10.8. The number of alkyl halides is 1. The van der Waals surface area contributed by atoms with Crippen LogP contribution in [0.5, 0.6) is 0 Å². The SMILES string of the molecule is CCNCC(C)(F)S(=O)(=O)O. The van der Waals surface area contributed by atoms with Crippen molar-refractivity contribution in [2.45, 2.75) is 18.8 Å². The maximum Gasteiger partial charge on any atom is 0.301 e. The number of nitrogens with one attached hydrogen (secondary N) is 1. The monoisotopic (exact) mass is 185 g/mol. The summed E-state index contributed by atoms with van der Waals surface area (Å²) in [4.78, 5) is 0. The van der Waals surface area contributed by atoms with Gasteiger partial charge in [-0.3, -0.25) is 4.55 Å². The van der Waals surface area contributed by atoms with Gasteiger partial charge in [-0.05, 0) is 13.5 Å². The van der Waals surface area contributed by atoms with Gasteiger partial charge >= 0.3 is 10.1 Å². The number of halogens is 1. The van der Waals surface area contributed by atoms with Gasteiger partial charge in [0.2, 0.25) is 5.00 Å². The van der Waals surface area contributed by atoms with Gasteiger partial charge in [-0.25, -0.2) is 4.39 Å².